The first kappa shape index (κ1) is 24.2. The van der Waals surface area contributed by atoms with Crippen molar-refractivity contribution in [3.05, 3.63) is 71.0 Å². The number of nitrogens with zero attached hydrogens (tertiary/aromatic N) is 2. The smallest absolute Gasteiger partial charge is 0.416 e. The first-order chi connectivity index (χ1) is 14.4. The lowest BCUT2D eigenvalue weighted by molar-refractivity contribution is -0.137. The molecule has 2 aromatic carbocycles. The average molecular weight is 440 g/mol. The molecule has 0 aliphatic carbocycles. The van der Waals surface area contributed by atoms with Crippen LogP contribution in [0.3, 0.4) is 0 Å². The summed E-state index contributed by atoms with van der Waals surface area (Å²) >= 11 is 0. The van der Waals surface area contributed by atoms with Crippen LogP contribution in [0.15, 0.2) is 53.7 Å². The number of alkyl halides is 3. The van der Waals surface area contributed by atoms with Gasteiger partial charge in [0.25, 0.3) is 0 Å². The maximum atomic E-state index is 13.3. The second-order valence-corrected chi connectivity index (χ2v) is 7.76. The molecule has 0 heterocycles. The first-order valence-electron chi connectivity index (χ1n) is 9.44. The van der Waals surface area contributed by atoms with Crippen LogP contribution >= 0.6 is 0 Å². The van der Waals surface area contributed by atoms with Gasteiger partial charge in [0.05, 0.1) is 12.1 Å². The van der Waals surface area contributed by atoms with Gasteiger partial charge >= 0.3 is 12.3 Å². The first-order valence-corrected chi connectivity index (χ1v) is 9.44. The SMILES string of the molecule is CN(CCO/N=C(\c1ccc(F)cc1)c1ccc(C(F)(F)F)cc1)C(=O)OC(C)(C)C. The Bertz CT molecular complexity index is 902. The molecule has 0 aliphatic heterocycles. The fraction of sp³-hybridized carbons (Fsp3) is 0.364. The highest BCUT2D eigenvalue weighted by Gasteiger charge is 2.30. The van der Waals surface area contributed by atoms with E-state index in [-0.39, 0.29) is 18.9 Å². The fourth-order valence-corrected chi connectivity index (χ4v) is 2.42. The molecule has 0 bridgehead atoms. The molecule has 2 rings (SSSR count). The zero-order valence-corrected chi connectivity index (χ0v) is 17.7. The number of hydrogen-bond donors (Lipinski definition) is 0. The Hall–Kier alpha value is -3.10. The van der Waals surface area contributed by atoms with Crippen molar-refractivity contribution in [2.24, 2.45) is 5.16 Å². The van der Waals surface area contributed by atoms with Gasteiger partial charge in [-0.3, -0.25) is 0 Å². The number of halogens is 4. The van der Waals surface area contributed by atoms with Crippen molar-refractivity contribution >= 4 is 11.8 Å². The third-order valence-electron chi connectivity index (χ3n) is 3.98. The van der Waals surface area contributed by atoms with E-state index in [4.69, 9.17) is 9.57 Å². The maximum absolute atomic E-state index is 13.3. The summed E-state index contributed by atoms with van der Waals surface area (Å²) in [6.45, 7) is 5.43. The summed E-state index contributed by atoms with van der Waals surface area (Å²) < 4.78 is 57.0. The maximum Gasteiger partial charge on any atom is 0.416 e. The predicted molar refractivity (Wildman–Crippen MR) is 108 cm³/mol. The predicted octanol–water partition coefficient (Wildman–Crippen LogP) is 5.48. The van der Waals surface area contributed by atoms with Gasteiger partial charge in [-0.25, -0.2) is 9.18 Å². The molecule has 0 atom stereocenters. The number of ether oxygens (including phenoxy) is 1. The quantitative estimate of drug-likeness (QED) is 0.259. The number of oxime groups is 1. The van der Waals surface area contributed by atoms with Crippen LogP contribution in [0.2, 0.25) is 0 Å². The number of benzene rings is 2. The molecule has 2 aromatic rings. The molecule has 5 nitrogen and oxygen atoms in total. The minimum absolute atomic E-state index is 0.0150. The molecule has 0 spiro atoms. The lowest BCUT2D eigenvalue weighted by Crippen LogP contribution is -2.35. The van der Waals surface area contributed by atoms with Gasteiger partial charge in [-0.15, -0.1) is 0 Å². The van der Waals surface area contributed by atoms with Crippen molar-refractivity contribution in [1.82, 2.24) is 4.90 Å². The minimum atomic E-state index is -4.46. The Labute approximate surface area is 178 Å². The molecular formula is C22H24F4N2O3. The molecule has 31 heavy (non-hydrogen) atoms. The molecule has 0 saturated heterocycles. The average Bonchev–Trinajstić information content (AvgIpc) is 2.67. The lowest BCUT2D eigenvalue weighted by Gasteiger charge is -2.24. The number of hydrogen-bond acceptors (Lipinski definition) is 4. The molecule has 0 fully saturated rings. The lowest BCUT2D eigenvalue weighted by atomic mass is 10.0. The van der Waals surface area contributed by atoms with Crippen molar-refractivity contribution < 1.29 is 31.9 Å². The zero-order valence-electron chi connectivity index (χ0n) is 17.7. The molecule has 168 valence electrons. The summed E-state index contributed by atoms with van der Waals surface area (Å²) in [5.74, 6) is -0.463. The summed E-state index contributed by atoms with van der Waals surface area (Å²) in [6, 6.07) is 9.72. The summed E-state index contributed by atoms with van der Waals surface area (Å²) in [6.07, 6.45) is -4.99. The molecule has 0 radical (unpaired) electrons. The minimum Gasteiger partial charge on any atom is -0.444 e. The van der Waals surface area contributed by atoms with Gasteiger partial charge in [0, 0.05) is 18.2 Å². The number of rotatable bonds is 6. The van der Waals surface area contributed by atoms with Gasteiger partial charge in [0.2, 0.25) is 0 Å². The van der Waals surface area contributed by atoms with Crippen molar-refractivity contribution in [2.75, 3.05) is 20.2 Å². The number of likely N-dealkylation sites (N-methyl/N-ethyl adjacent to an activating group) is 1. The summed E-state index contributed by atoms with van der Waals surface area (Å²) in [5.41, 5.74) is -0.382. The normalized spacial score (nSPS) is 12.5. The van der Waals surface area contributed by atoms with Crippen LogP contribution < -0.4 is 0 Å². The number of carbonyl (C=O) groups excluding carboxylic acids is 1. The van der Waals surface area contributed by atoms with Crippen LogP contribution in [-0.2, 0) is 15.8 Å². The van der Waals surface area contributed by atoms with E-state index >= 15 is 0 Å². The second-order valence-electron chi connectivity index (χ2n) is 7.76. The van der Waals surface area contributed by atoms with Crippen LogP contribution in [0.25, 0.3) is 0 Å². The van der Waals surface area contributed by atoms with Crippen LogP contribution in [0.1, 0.15) is 37.5 Å². The van der Waals surface area contributed by atoms with Crippen molar-refractivity contribution in [2.45, 2.75) is 32.5 Å². The molecule has 0 unspecified atom stereocenters. The Kier molecular flexibility index (Phi) is 7.65. The largest absolute Gasteiger partial charge is 0.444 e. The van der Waals surface area contributed by atoms with Crippen LogP contribution in [0.4, 0.5) is 22.4 Å². The van der Waals surface area contributed by atoms with Gasteiger partial charge in [0.15, 0.2) is 0 Å². The van der Waals surface area contributed by atoms with E-state index in [9.17, 15) is 22.4 Å². The van der Waals surface area contributed by atoms with Crippen LogP contribution in [0.5, 0.6) is 0 Å². The van der Waals surface area contributed by atoms with E-state index in [1.165, 1.54) is 48.3 Å². The summed E-state index contributed by atoms with van der Waals surface area (Å²) in [4.78, 5) is 18.6. The van der Waals surface area contributed by atoms with Gasteiger partial charge in [-0.2, -0.15) is 13.2 Å². The third kappa shape index (κ3) is 7.58. The Morgan fingerprint density at radius 1 is 0.968 bits per heavy atom. The molecule has 0 N–H and O–H groups in total. The zero-order chi connectivity index (χ0) is 23.2. The molecule has 9 heteroatoms. The van der Waals surface area contributed by atoms with Crippen molar-refractivity contribution in [3.63, 3.8) is 0 Å². The third-order valence-corrected chi connectivity index (χ3v) is 3.98. The van der Waals surface area contributed by atoms with Gasteiger partial charge in [-0.1, -0.05) is 17.3 Å². The van der Waals surface area contributed by atoms with Gasteiger partial charge in [-0.05, 0) is 57.2 Å². The summed E-state index contributed by atoms with van der Waals surface area (Å²) in [7, 11) is 1.54. The van der Waals surface area contributed by atoms with Crippen molar-refractivity contribution in [1.29, 1.82) is 0 Å². The monoisotopic (exact) mass is 440 g/mol. The fourth-order valence-electron chi connectivity index (χ4n) is 2.42. The number of carbonyl (C=O) groups is 1. The van der Waals surface area contributed by atoms with E-state index in [1.54, 1.807) is 20.8 Å². The van der Waals surface area contributed by atoms with Gasteiger partial charge in [0.1, 0.15) is 23.7 Å². The molecular weight excluding hydrogens is 416 g/mol. The standard InChI is InChI=1S/C22H24F4N2O3/c1-21(2,3)31-20(29)28(4)13-14-30-27-19(16-7-11-18(23)12-8-16)15-5-9-17(10-6-15)22(24,25)26/h5-12H,13-14H2,1-4H3/b27-19-. The van der Waals surface area contributed by atoms with Crippen LogP contribution in [0, 0.1) is 5.82 Å². The highest BCUT2D eigenvalue weighted by Crippen LogP contribution is 2.29. The van der Waals surface area contributed by atoms with E-state index < -0.39 is 29.3 Å². The molecule has 0 aliphatic rings. The molecule has 0 aromatic heterocycles. The van der Waals surface area contributed by atoms with E-state index in [1.807, 2.05) is 0 Å². The number of amides is 1. The van der Waals surface area contributed by atoms with E-state index in [0.29, 0.717) is 11.1 Å². The molecule has 0 saturated carbocycles. The summed E-state index contributed by atoms with van der Waals surface area (Å²) in [5, 5.41) is 4.03. The Morgan fingerprint density at radius 2 is 1.48 bits per heavy atom. The van der Waals surface area contributed by atoms with Crippen LogP contribution in [-0.4, -0.2) is 42.5 Å². The van der Waals surface area contributed by atoms with Gasteiger partial charge < -0.3 is 14.5 Å². The Morgan fingerprint density at radius 3 is 1.97 bits per heavy atom. The highest BCUT2D eigenvalue weighted by molar-refractivity contribution is 6.12. The topological polar surface area (TPSA) is 51.1 Å². The van der Waals surface area contributed by atoms with Crippen molar-refractivity contribution in [3.8, 4) is 0 Å². The second kappa shape index (κ2) is 9.80. The molecule has 1 amide bonds. The van der Waals surface area contributed by atoms with E-state index in [2.05, 4.69) is 5.16 Å². The Balaban J connectivity index is 2.15. The highest BCUT2D eigenvalue weighted by atomic mass is 19.4. The van der Waals surface area contributed by atoms with E-state index in [0.717, 1.165) is 12.1 Å².